The highest BCUT2D eigenvalue weighted by molar-refractivity contribution is 7.89. The van der Waals surface area contributed by atoms with E-state index < -0.39 is 28.0 Å². The summed E-state index contributed by atoms with van der Waals surface area (Å²) in [6.07, 6.45) is 8.29. The molecule has 1 saturated heterocycles. The zero-order valence-corrected chi connectivity index (χ0v) is 16.9. The third-order valence-corrected chi connectivity index (χ3v) is 6.57. The highest BCUT2D eigenvalue weighted by Crippen LogP contribution is 2.33. The number of aryl methyl sites for hydroxylation is 1. The summed E-state index contributed by atoms with van der Waals surface area (Å²) in [5.74, 6) is -0.518. The van der Waals surface area contributed by atoms with Crippen molar-refractivity contribution in [2.24, 2.45) is 0 Å². The van der Waals surface area contributed by atoms with Crippen LogP contribution in [0.5, 0.6) is 0 Å². The number of allylic oxidation sites excluding steroid dienone is 4. The monoisotopic (exact) mass is 421 g/mol. The van der Waals surface area contributed by atoms with E-state index in [-0.39, 0.29) is 4.90 Å². The predicted octanol–water partition coefficient (Wildman–Crippen LogP) is 3.14. The molecule has 8 heteroatoms. The summed E-state index contributed by atoms with van der Waals surface area (Å²) < 4.78 is 27.4. The molecule has 1 heterocycles. The first-order valence-electron chi connectivity index (χ1n) is 9.26. The van der Waals surface area contributed by atoms with Gasteiger partial charge in [-0.25, -0.2) is 22.5 Å². The fourth-order valence-electron chi connectivity index (χ4n) is 3.26. The smallest absolute Gasteiger partial charge is 0.267 e. The lowest BCUT2D eigenvalue weighted by Crippen LogP contribution is -2.45. The number of benzene rings is 2. The second-order valence-electron chi connectivity index (χ2n) is 6.85. The Kier molecular flexibility index (Phi) is 5.01. The van der Waals surface area contributed by atoms with Crippen LogP contribution < -0.4 is 5.43 Å². The summed E-state index contributed by atoms with van der Waals surface area (Å²) in [4.78, 5) is 25.8. The number of hydrazine groups is 1. The van der Waals surface area contributed by atoms with Gasteiger partial charge in [-0.1, -0.05) is 60.2 Å². The molecule has 0 saturated carbocycles. The van der Waals surface area contributed by atoms with E-state index in [1.807, 2.05) is 6.92 Å². The zero-order chi connectivity index (χ0) is 21.3. The van der Waals surface area contributed by atoms with Crippen LogP contribution >= 0.6 is 0 Å². The lowest BCUT2D eigenvalue weighted by molar-refractivity contribution is 0.0868. The number of rotatable bonds is 4. The van der Waals surface area contributed by atoms with E-state index in [0.717, 1.165) is 14.9 Å². The van der Waals surface area contributed by atoms with Crippen molar-refractivity contribution in [2.75, 3.05) is 0 Å². The summed E-state index contributed by atoms with van der Waals surface area (Å²) in [6, 6.07) is 12.9. The molecular formula is C22H19N3O4S. The summed E-state index contributed by atoms with van der Waals surface area (Å²) >= 11 is 0. The number of hydrogen-bond donors (Lipinski definition) is 1. The molecule has 1 aliphatic carbocycles. The molecular weight excluding hydrogens is 402 g/mol. The summed E-state index contributed by atoms with van der Waals surface area (Å²) in [6.45, 7) is 1.85. The molecule has 30 heavy (non-hydrogen) atoms. The van der Waals surface area contributed by atoms with Crippen molar-refractivity contribution in [3.05, 3.63) is 102 Å². The Hall–Kier alpha value is -3.65. The lowest BCUT2D eigenvalue weighted by Gasteiger charge is -2.20. The number of fused-ring (bicyclic) bond motifs is 1. The first-order valence-corrected chi connectivity index (χ1v) is 10.7. The van der Waals surface area contributed by atoms with Crippen molar-refractivity contribution >= 4 is 22.0 Å². The molecule has 2 aromatic rings. The van der Waals surface area contributed by atoms with Crippen LogP contribution in [0.3, 0.4) is 0 Å². The van der Waals surface area contributed by atoms with Crippen LogP contribution in [-0.4, -0.2) is 35.7 Å². The van der Waals surface area contributed by atoms with Gasteiger partial charge in [0, 0.05) is 5.56 Å². The van der Waals surface area contributed by atoms with Crippen LogP contribution in [0.4, 0.5) is 4.79 Å². The Bertz CT molecular complexity index is 1180. The molecule has 2 aliphatic rings. The number of urea groups is 1. The minimum absolute atomic E-state index is 0.00245. The number of carbonyl (C=O) groups excluding carboxylic acids is 2. The van der Waals surface area contributed by atoms with Gasteiger partial charge in [-0.15, -0.1) is 0 Å². The standard InChI is InChI=1S/C22H19N3O4S/c1-16-12-14-18(15-13-16)30(28,29)25-20-11-7-3-6-10-19(20)24(22(25)27)23-21(26)17-8-4-2-5-9-17/h2-15,20H,1H3,(H,23,26). The molecule has 3 amide bonds. The maximum Gasteiger partial charge on any atom is 0.358 e. The number of nitrogens with one attached hydrogen (secondary N) is 1. The summed E-state index contributed by atoms with van der Waals surface area (Å²) in [5, 5.41) is 0.992. The molecule has 1 fully saturated rings. The Labute approximate surface area is 174 Å². The van der Waals surface area contributed by atoms with Crippen molar-refractivity contribution in [2.45, 2.75) is 17.9 Å². The Balaban J connectivity index is 1.73. The first kappa shape index (κ1) is 19.7. The number of carbonyl (C=O) groups is 2. The number of sulfonamides is 1. The SMILES string of the molecule is Cc1ccc(S(=O)(=O)N2C(=O)N(NC(=O)c3ccccc3)C3=CC=CC=CC32)cc1. The Morgan fingerprint density at radius 1 is 0.967 bits per heavy atom. The third kappa shape index (κ3) is 3.42. The molecule has 152 valence electrons. The van der Waals surface area contributed by atoms with Gasteiger partial charge in [-0.05, 0) is 37.3 Å². The van der Waals surface area contributed by atoms with Gasteiger partial charge in [0.2, 0.25) is 0 Å². The van der Waals surface area contributed by atoms with Gasteiger partial charge in [0.1, 0.15) is 6.04 Å². The molecule has 1 unspecified atom stereocenters. The minimum atomic E-state index is -4.15. The molecule has 0 spiro atoms. The summed E-state index contributed by atoms with van der Waals surface area (Å²) in [5.41, 5.74) is 4.12. The molecule has 1 aliphatic heterocycles. The van der Waals surface area contributed by atoms with Crippen LogP contribution in [0.2, 0.25) is 0 Å². The average molecular weight is 421 g/mol. The number of amides is 3. The average Bonchev–Trinajstić information content (AvgIpc) is 2.88. The van der Waals surface area contributed by atoms with Crippen molar-refractivity contribution in [1.29, 1.82) is 0 Å². The largest absolute Gasteiger partial charge is 0.358 e. The van der Waals surface area contributed by atoms with E-state index in [0.29, 0.717) is 11.3 Å². The van der Waals surface area contributed by atoms with Gasteiger partial charge in [0.15, 0.2) is 0 Å². The topological polar surface area (TPSA) is 86.8 Å². The van der Waals surface area contributed by atoms with Gasteiger partial charge in [-0.3, -0.25) is 10.2 Å². The van der Waals surface area contributed by atoms with Crippen LogP contribution in [0.15, 0.2) is 95.6 Å². The van der Waals surface area contributed by atoms with Crippen LogP contribution in [0, 0.1) is 6.92 Å². The molecule has 2 aromatic carbocycles. The highest BCUT2D eigenvalue weighted by Gasteiger charge is 2.48. The van der Waals surface area contributed by atoms with Crippen molar-refractivity contribution in [1.82, 2.24) is 14.7 Å². The minimum Gasteiger partial charge on any atom is -0.267 e. The first-order chi connectivity index (χ1) is 14.4. The maximum atomic E-state index is 13.3. The number of nitrogens with zero attached hydrogens (tertiary/aromatic N) is 2. The van der Waals surface area contributed by atoms with E-state index in [4.69, 9.17) is 0 Å². The van der Waals surface area contributed by atoms with E-state index >= 15 is 0 Å². The normalized spacial score (nSPS) is 18.1. The van der Waals surface area contributed by atoms with Crippen molar-refractivity contribution in [3.8, 4) is 0 Å². The van der Waals surface area contributed by atoms with E-state index in [1.165, 1.54) is 12.1 Å². The molecule has 1 atom stereocenters. The quantitative estimate of drug-likeness (QED) is 0.822. The molecule has 0 aromatic heterocycles. The molecule has 7 nitrogen and oxygen atoms in total. The van der Waals surface area contributed by atoms with Gasteiger partial charge >= 0.3 is 6.03 Å². The van der Waals surface area contributed by atoms with Crippen LogP contribution in [-0.2, 0) is 10.0 Å². The van der Waals surface area contributed by atoms with Gasteiger partial charge in [0.05, 0.1) is 10.6 Å². The summed E-state index contributed by atoms with van der Waals surface area (Å²) in [7, 11) is -4.15. The fraction of sp³-hybridized carbons (Fsp3) is 0.0909. The second-order valence-corrected chi connectivity index (χ2v) is 8.66. The number of hydrogen-bond acceptors (Lipinski definition) is 4. The second kappa shape index (κ2) is 7.64. The lowest BCUT2D eigenvalue weighted by atomic mass is 10.2. The van der Waals surface area contributed by atoms with Crippen LogP contribution in [0.1, 0.15) is 15.9 Å². The van der Waals surface area contributed by atoms with Crippen LogP contribution in [0.25, 0.3) is 0 Å². The molecule has 0 bridgehead atoms. The van der Waals surface area contributed by atoms with Gasteiger partial charge in [-0.2, -0.15) is 0 Å². The Morgan fingerprint density at radius 2 is 1.67 bits per heavy atom. The third-order valence-electron chi connectivity index (χ3n) is 4.80. The zero-order valence-electron chi connectivity index (χ0n) is 16.1. The van der Waals surface area contributed by atoms with E-state index in [9.17, 15) is 18.0 Å². The molecule has 0 radical (unpaired) electrons. The maximum absolute atomic E-state index is 13.3. The fourth-order valence-corrected chi connectivity index (χ4v) is 4.73. The Morgan fingerprint density at radius 3 is 2.37 bits per heavy atom. The van der Waals surface area contributed by atoms with Crippen molar-refractivity contribution < 1.29 is 18.0 Å². The van der Waals surface area contributed by atoms with Crippen molar-refractivity contribution in [3.63, 3.8) is 0 Å². The molecule has 4 rings (SSSR count). The molecule has 1 N–H and O–H groups in total. The van der Waals surface area contributed by atoms with E-state index in [1.54, 1.807) is 72.8 Å². The van der Waals surface area contributed by atoms with Gasteiger partial charge in [0.25, 0.3) is 15.9 Å². The van der Waals surface area contributed by atoms with Gasteiger partial charge < -0.3 is 0 Å². The predicted molar refractivity (Wildman–Crippen MR) is 111 cm³/mol. The van der Waals surface area contributed by atoms with E-state index in [2.05, 4.69) is 5.43 Å². The highest BCUT2D eigenvalue weighted by atomic mass is 32.2.